The number of hydrogen-bond donors (Lipinski definition) is 2. The van der Waals surface area contributed by atoms with Gasteiger partial charge in [-0.25, -0.2) is 4.39 Å². The van der Waals surface area contributed by atoms with E-state index in [1.165, 1.54) is 22.6 Å². The number of halogens is 1. The van der Waals surface area contributed by atoms with E-state index < -0.39 is 0 Å². The van der Waals surface area contributed by atoms with Crippen LogP contribution in [0, 0.1) is 12.7 Å². The molecule has 5 heteroatoms. The van der Waals surface area contributed by atoms with Gasteiger partial charge in [-0.2, -0.15) is 0 Å². The molecule has 1 amide bonds. The number of benzene rings is 2. The second-order valence-electron chi connectivity index (χ2n) is 5.95. The largest absolute Gasteiger partial charge is 0.350 e. The second-order valence-corrected chi connectivity index (χ2v) is 7.12. The maximum Gasteiger partial charge on any atom is 0.275 e. The van der Waals surface area contributed by atoms with Crippen molar-refractivity contribution in [3.05, 3.63) is 65.5 Å². The summed E-state index contributed by atoms with van der Waals surface area (Å²) < 4.78 is 12.9. The zero-order valence-electron chi connectivity index (χ0n) is 14.1. The zero-order valence-corrected chi connectivity index (χ0v) is 15.0. The number of quaternary nitrogens is 1. The molecule has 1 unspecified atom stereocenters. The first-order valence-electron chi connectivity index (χ1n) is 8.05. The topological polar surface area (TPSA) is 33.5 Å². The highest BCUT2D eigenvalue weighted by Crippen LogP contribution is 2.17. The van der Waals surface area contributed by atoms with Gasteiger partial charge in [0.2, 0.25) is 0 Å². The molecule has 1 atom stereocenters. The molecule has 0 bridgehead atoms. The number of carbonyl (C=O) groups is 1. The number of likely N-dealkylation sites (N-methyl/N-ethyl adjacent to an activating group) is 1. The molecule has 0 heterocycles. The molecule has 0 aliphatic rings. The first kappa shape index (κ1) is 18.5. The van der Waals surface area contributed by atoms with Gasteiger partial charge in [0.05, 0.1) is 7.05 Å². The second kappa shape index (κ2) is 9.45. The van der Waals surface area contributed by atoms with Gasteiger partial charge in [0.15, 0.2) is 6.54 Å². The van der Waals surface area contributed by atoms with E-state index >= 15 is 0 Å². The van der Waals surface area contributed by atoms with Crippen LogP contribution in [0.5, 0.6) is 0 Å². The Morgan fingerprint density at radius 1 is 1.12 bits per heavy atom. The van der Waals surface area contributed by atoms with Gasteiger partial charge >= 0.3 is 0 Å². The van der Waals surface area contributed by atoms with Crippen molar-refractivity contribution in [1.29, 1.82) is 0 Å². The average Bonchev–Trinajstić information content (AvgIpc) is 2.55. The van der Waals surface area contributed by atoms with Crippen LogP contribution in [0.1, 0.15) is 11.1 Å². The fourth-order valence-corrected chi connectivity index (χ4v) is 3.11. The van der Waals surface area contributed by atoms with Crippen molar-refractivity contribution < 1.29 is 14.1 Å². The molecule has 0 radical (unpaired) electrons. The number of aryl methyl sites for hydroxylation is 1. The Morgan fingerprint density at radius 2 is 1.79 bits per heavy atom. The summed E-state index contributed by atoms with van der Waals surface area (Å²) in [5, 5.41) is 2.95. The van der Waals surface area contributed by atoms with Gasteiger partial charge in [0, 0.05) is 22.8 Å². The first-order chi connectivity index (χ1) is 11.5. The predicted molar refractivity (Wildman–Crippen MR) is 96.8 cm³/mol. The molecule has 128 valence electrons. The lowest BCUT2D eigenvalue weighted by molar-refractivity contribution is -0.885. The molecule has 3 nitrogen and oxygen atoms in total. The van der Waals surface area contributed by atoms with Gasteiger partial charge in [-0.15, -0.1) is 11.8 Å². The monoisotopic (exact) mass is 347 g/mol. The molecule has 2 aromatic carbocycles. The summed E-state index contributed by atoms with van der Waals surface area (Å²) >= 11 is 1.74. The van der Waals surface area contributed by atoms with Gasteiger partial charge in [0.1, 0.15) is 12.4 Å². The number of hydrogen-bond acceptors (Lipinski definition) is 2. The summed E-state index contributed by atoms with van der Waals surface area (Å²) in [5.41, 5.74) is 2.27. The Labute approximate surface area is 147 Å². The molecule has 2 rings (SSSR count). The zero-order chi connectivity index (χ0) is 17.4. The molecular formula is C19H24FN2OS+. The van der Waals surface area contributed by atoms with E-state index in [4.69, 9.17) is 0 Å². The molecule has 0 aliphatic heterocycles. The number of rotatable bonds is 8. The fourth-order valence-electron chi connectivity index (χ4n) is 2.34. The minimum Gasteiger partial charge on any atom is -0.350 e. The molecule has 0 aromatic heterocycles. The minimum atomic E-state index is -0.236. The Morgan fingerprint density at radius 3 is 2.46 bits per heavy atom. The van der Waals surface area contributed by atoms with Crippen LogP contribution < -0.4 is 10.2 Å². The molecule has 2 aromatic rings. The number of carbonyl (C=O) groups excluding carboxylic acids is 1. The summed E-state index contributed by atoms with van der Waals surface area (Å²) in [4.78, 5) is 14.2. The van der Waals surface area contributed by atoms with Crippen molar-refractivity contribution in [1.82, 2.24) is 5.32 Å². The lowest BCUT2D eigenvalue weighted by atomic mass is 10.2. The third-order valence-corrected chi connectivity index (χ3v) is 4.61. The van der Waals surface area contributed by atoms with E-state index in [2.05, 4.69) is 36.5 Å². The van der Waals surface area contributed by atoms with Gasteiger partial charge < -0.3 is 10.2 Å². The van der Waals surface area contributed by atoms with Crippen LogP contribution >= 0.6 is 11.8 Å². The molecule has 0 saturated heterocycles. The quantitative estimate of drug-likeness (QED) is 0.566. The molecule has 0 fully saturated rings. The molecule has 0 spiro atoms. The Balaban J connectivity index is 1.63. The molecule has 0 aliphatic carbocycles. The predicted octanol–water partition coefficient (Wildman–Crippen LogP) is 2.06. The van der Waals surface area contributed by atoms with Crippen LogP contribution in [0.15, 0.2) is 53.4 Å². The van der Waals surface area contributed by atoms with Gasteiger partial charge in [-0.05, 0) is 31.2 Å². The van der Waals surface area contributed by atoms with Crippen molar-refractivity contribution >= 4 is 17.7 Å². The average molecular weight is 347 g/mol. The van der Waals surface area contributed by atoms with Crippen molar-refractivity contribution in [2.75, 3.05) is 25.9 Å². The fraction of sp³-hybridized carbons (Fsp3) is 0.316. The molecular weight excluding hydrogens is 323 g/mol. The Bertz CT molecular complexity index is 643. The number of amides is 1. The highest BCUT2D eigenvalue weighted by molar-refractivity contribution is 7.99. The smallest absolute Gasteiger partial charge is 0.275 e. The number of nitrogens with one attached hydrogen (secondary N) is 2. The standard InChI is InChI=1S/C19H23FN2OS/c1-15-3-9-18(10-4-15)24-12-11-21-19(23)14-22(2)13-16-5-7-17(20)8-6-16/h3-10H,11-14H2,1-2H3,(H,21,23)/p+1. The van der Waals surface area contributed by atoms with Crippen molar-refractivity contribution in [2.24, 2.45) is 0 Å². The van der Waals surface area contributed by atoms with E-state index in [0.717, 1.165) is 16.2 Å². The van der Waals surface area contributed by atoms with E-state index in [0.29, 0.717) is 19.6 Å². The first-order valence-corrected chi connectivity index (χ1v) is 9.03. The van der Waals surface area contributed by atoms with E-state index in [-0.39, 0.29) is 11.7 Å². The molecule has 0 saturated carbocycles. The Hall–Kier alpha value is -1.85. The van der Waals surface area contributed by atoms with Crippen LogP contribution in [0.2, 0.25) is 0 Å². The normalized spacial score (nSPS) is 12.0. The van der Waals surface area contributed by atoms with Crippen LogP contribution in [-0.2, 0) is 11.3 Å². The van der Waals surface area contributed by atoms with Gasteiger partial charge in [-0.3, -0.25) is 4.79 Å². The van der Waals surface area contributed by atoms with Crippen molar-refractivity contribution in [3.63, 3.8) is 0 Å². The van der Waals surface area contributed by atoms with Crippen LogP contribution in [-0.4, -0.2) is 31.8 Å². The number of thioether (sulfide) groups is 1. The molecule has 24 heavy (non-hydrogen) atoms. The third-order valence-electron chi connectivity index (χ3n) is 3.60. The lowest BCUT2D eigenvalue weighted by Gasteiger charge is -2.14. The summed E-state index contributed by atoms with van der Waals surface area (Å²) in [6, 6.07) is 14.8. The van der Waals surface area contributed by atoms with Crippen molar-refractivity contribution in [2.45, 2.75) is 18.4 Å². The van der Waals surface area contributed by atoms with E-state index in [1.54, 1.807) is 23.9 Å². The molecule has 2 N–H and O–H groups in total. The van der Waals surface area contributed by atoms with Crippen LogP contribution in [0.4, 0.5) is 4.39 Å². The Kier molecular flexibility index (Phi) is 7.28. The highest BCUT2D eigenvalue weighted by Gasteiger charge is 2.10. The summed E-state index contributed by atoms with van der Waals surface area (Å²) in [5.74, 6) is 0.658. The van der Waals surface area contributed by atoms with E-state index in [9.17, 15) is 9.18 Å². The van der Waals surface area contributed by atoms with Gasteiger partial charge in [-0.1, -0.05) is 29.8 Å². The summed E-state index contributed by atoms with van der Waals surface area (Å²) in [6.07, 6.45) is 0. The lowest BCUT2D eigenvalue weighted by Crippen LogP contribution is -3.08. The SMILES string of the molecule is Cc1ccc(SCCNC(=O)C[NH+](C)Cc2ccc(F)cc2)cc1. The summed E-state index contributed by atoms with van der Waals surface area (Å²) in [7, 11) is 1.96. The third kappa shape index (κ3) is 6.72. The van der Waals surface area contributed by atoms with Gasteiger partial charge in [0.25, 0.3) is 5.91 Å². The maximum absolute atomic E-state index is 12.9. The minimum absolute atomic E-state index is 0.0408. The van der Waals surface area contributed by atoms with E-state index in [1.807, 2.05) is 7.05 Å². The highest BCUT2D eigenvalue weighted by atomic mass is 32.2. The maximum atomic E-state index is 12.9. The summed E-state index contributed by atoms with van der Waals surface area (Å²) in [6.45, 7) is 3.83. The van der Waals surface area contributed by atoms with Crippen LogP contribution in [0.25, 0.3) is 0 Å². The van der Waals surface area contributed by atoms with Crippen molar-refractivity contribution in [3.8, 4) is 0 Å². The van der Waals surface area contributed by atoms with Crippen LogP contribution in [0.3, 0.4) is 0 Å².